The van der Waals surface area contributed by atoms with Gasteiger partial charge in [0.1, 0.15) is 97.2 Å². The van der Waals surface area contributed by atoms with Gasteiger partial charge in [-0.05, 0) is 60.6 Å². The van der Waals surface area contributed by atoms with E-state index in [0.717, 1.165) is 0 Å². The van der Waals surface area contributed by atoms with Crippen molar-refractivity contribution in [3.8, 4) is 126 Å². The number of allylic oxidation sites excluding steroid dienone is 2. The first-order chi connectivity index (χ1) is 35.3. The van der Waals surface area contributed by atoms with Gasteiger partial charge in [0.25, 0.3) is 0 Å². The molecule has 30 heteroatoms. The zero-order valence-corrected chi connectivity index (χ0v) is 37.7. The minimum absolute atomic E-state index is 0.625. The van der Waals surface area contributed by atoms with E-state index in [9.17, 15) is 107 Å². The summed E-state index contributed by atoms with van der Waals surface area (Å²) in [5, 5.41) is 219. The second-order valence-corrected chi connectivity index (χ2v) is 16.7. The second kappa shape index (κ2) is 17.4. The molecule has 8 aromatic rings. The average Bonchev–Trinajstić information content (AvgIpc) is 3.38. The van der Waals surface area contributed by atoms with Gasteiger partial charge in [-0.2, -0.15) is 0 Å². The van der Waals surface area contributed by atoms with Gasteiger partial charge >= 0.3 is 0 Å². The molecule has 20 N–H and O–H groups in total. The van der Waals surface area contributed by atoms with Crippen LogP contribution in [-0.2, 0) is 0 Å². The minimum Gasteiger partial charge on any atom is -0.509 e. The molecule has 0 aliphatic heterocycles. The number of hydrogen-bond acceptors (Lipinski definition) is 22. The predicted molar refractivity (Wildman–Crippen MR) is 281 cm³/mol. The van der Waals surface area contributed by atoms with Crippen molar-refractivity contribution < 1.29 is 102 Å². The van der Waals surface area contributed by atoms with Crippen LogP contribution in [0.1, 0.15) is 11.1 Å². The van der Waals surface area contributed by atoms with Crippen molar-refractivity contribution in [2.75, 3.05) is 0 Å². The normalized spacial score (nSPS) is 12.4. The summed E-state index contributed by atoms with van der Waals surface area (Å²) < 4.78 is 0. The fourth-order valence-electron chi connectivity index (χ4n) is 9.17. The van der Waals surface area contributed by atoms with Crippen LogP contribution in [0.25, 0.3) is 76.4 Å². The Morgan fingerprint density at radius 1 is 0.355 bits per heavy atom. The lowest BCUT2D eigenvalue weighted by molar-refractivity contribution is 0.331. The van der Waals surface area contributed by atoms with E-state index in [-0.39, 0.29) is 0 Å². The van der Waals surface area contributed by atoms with Crippen LogP contribution in [-0.4, -0.2) is 165 Å². The van der Waals surface area contributed by atoms with Crippen molar-refractivity contribution in [3.63, 3.8) is 0 Å². The maximum absolute atomic E-state index is 13.1. The molecule has 0 bridgehead atoms. The highest BCUT2D eigenvalue weighted by Crippen LogP contribution is 2.63. The third kappa shape index (κ3) is 6.65. The number of nitrogens with zero attached hydrogens (tertiary/aromatic N) is 1. The first kappa shape index (κ1) is 52.5. The topological polar surface area (TPSA) is 434 Å². The minimum atomic E-state index is -1.76. The predicted octanol–water partition coefficient (Wildman–Crippen LogP) is -0.459. The van der Waals surface area contributed by atoms with Crippen LogP contribution >= 0.6 is 0 Å². The van der Waals surface area contributed by atoms with Gasteiger partial charge in [-0.3, -0.25) is 0 Å². The summed E-state index contributed by atoms with van der Waals surface area (Å²) in [6, 6.07) is 0.625. The Morgan fingerprint density at radius 2 is 0.750 bits per heavy atom. The summed E-state index contributed by atoms with van der Waals surface area (Å²) in [5.74, 6) is -29.7. The van der Waals surface area contributed by atoms with Crippen LogP contribution in [0, 0.1) is 4.91 Å². The Labute approximate surface area is 432 Å². The SMILES string of the molecule is [B]C(=C)/C(=C(O)\C(O)=C(/[B])c1c2c(O)c([B])cc(N=O)c2c(-c2c(O)c(O)c(O)c3c(O)c(O)c(O)c(O)c23)c2c([B])c(-c3c([B])c(O)c([B])c(O)c3[B])c([B])c(O)c12)c1c(O)c(O)c2c(O)c(O)c(O)c(O)c2c1O. The third-order valence-corrected chi connectivity index (χ3v) is 12.7. The molecule has 8 aromatic carbocycles. The molecule has 362 valence electrons. The molecule has 0 fully saturated rings. The van der Waals surface area contributed by atoms with E-state index < -0.39 is 246 Å². The van der Waals surface area contributed by atoms with Crippen LogP contribution in [0.5, 0.6) is 103 Å². The number of aliphatic hydroxyl groups excluding tert-OH is 2. The Kier molecular flexibility index (Phi) is 12.0. The van der Waals surface area contributed by atoms with Crippen LogP contribution in [0.4, 0.5) is 5.69 Å². The lowest BCUT2D eigenvalue weighted by Gasteiger charge is -2.28. The van der Waals surface area contributed by atoms with Crippen molar-refractivity contribution >= 4 is 155 Å². The van der Waals surface area contributed by atoms with Crippen LogP contribution in [0.15, 0.2) is 34.8 Å². The molecule has 0 saturated heterocycles. The highest BCUT2D eigenvalue weighted by atomic mass is 16.4. The maximum atomic E-state index is 13.1. The molecule has 0 aliphatic rings. The zero-order chi connectivity index (χ0) is 56.8. The fourth-order valence-corrected chi connectivity index (χ4v) is 9.17. The summed E-state index contributed by atoms with van der Waals surface area (Å²) in [6.45, 7) is 3.41. The number of nitroso groups, excluding NO2 is 1. The van der Waals surface area contributed by atoms with Crippen LogP contribution < -0.4 is 32.8 Å². The van der Waals surface area contributed by atoms with Crippen molar-refractivity contribution in [2.24, 2.45) is 5.18 Å². The number of fused-ring (bicyclic) bond motifs is 4. The van der Waals surface area contributed by atoms with E-state index >= 15 is 0 Å². The lowest BCUT2D eigenvalue weighted by atomic mass is 9.64. The Balaban J connectivity index is 1.73. The summed E-state index contributed by atoms with van der Waals surface area (Å²) in [4.78, 5) is 13.1. The van der Waals surface area contributed by atoms with E-state index in [0.29, 0.717) is 6.07 Å². The molecule has 0 heterocycles. The van der Waals surface area contributed by atoms with Gasteiger partial charge in [0.2, 0.25) is 28.7 Å². The van der Waals surface area contributed by atoms with Gasteiger partial charge in [0, 0.05) is 38.2 Å². The first-order valence-corrected chi connectivity index (χ1v) is 20.6. The number of phenolic OH excluding ortho intramolecular Hbond substituents is 18. The highest BCUT2D eigenvalue weighted by molar-refractivity contribution is 6.59. The van der Waals surface area contributed by atoms with E-state index in [1.165, 1.54) is 0 Å². The molecular formula is C46H23B8NO21. The van der Waals surface area contributed by atoms with Crippen molar-refractivity contribution in [3.05, 3.63) is 45.7 Å². The number of phenols is 18. The lowest BCUT2D eigenvalue weighted by Crippen LogP contribution is -2.33. The second-order valence-electron chi connectivity index (χ2n) is 16.7. The molecule has 0 unspecified atom stereocenters. The summed E-state index contributed by atoms with van der Waals surface area (Å²) in [7, 11) is 50.6. The number of benzene rings is 8. The standard InChI is InChI=1S/C46H23B8NO21/c1-3(47)6(17-28(57)19-20(34(63)33(17)62)38(67)46(75)45(74)37(19)66)30(59)41(70)22(50)10-11-7(5(55-76)2-4(48)27(11)56)8(12-14-18(35(64)42(71)31(12)60)36(65)44(73)43(72)32(14)61)9-13(10)29(58)23(51)15(21(9)49)16-24(52)39(68)26(54)40(69)25(16)53/h2,56-75H,1H2/b30-6-,41-22+. The highest BCUT2D eigenvalue weighted by Gasteiger charge is 2.37. The molecule has 16 radical (unpaired) electrons. The van der Waals surface area contributed by atoms with Crippen LogP contribution in [0.3, 0.4) is 0 Å². The number of hydrogen-bond donors (Lipinski definition) is 20. The average molecular weight is 1010 g/mol. The van der Waals surface area contributed by atoms with E-state index in [1.54, 1.807) is 0 Å². The Morgan fingerprint density at radius 3 is 1.22 bits per heavy atom. The molecular weight excluding hydrogens is 989 g/mol. The number of rotatable bonds is 7. The van der Waals surface area contributed by atoms with Gasteiger partial charge < -0.3 is 102 Å². The van der Waals surface area contributed by atoms with Gasteiger partial charge in [-0.15, -0.1) is 11.5 Å². The van der Waals surface area contributed by atoms with Crippen LogP contribution in [0.2, 0.25) is 0 Å². The zero-order valence-electron chi connectivity index (χ0n) is 37.7. The molecule has 0 spiro atoms. The molecule has 8 rings (SSSR count). The monoisotopic (exact) mass is 1010 g/mol. The summed E-state index contributed by atoms with van der Waals surface area (Å²) >= 11 is 0. The largest absolute Gasteiger partial charge is 0.509 e. The number of aliphatic hydroxyl groups is 2. The van der Waals surface area contributed by atoms with E-state index in [4.69, 9.17) is 62.8 Å². The van der Waals surface area contributed by atoms with E-state index in [2.05, 4.69) is 11.8 Å². The number of aromatic hydroxyl groups is 18. The maximum Gasteiger partial charge on any atom is 0.205 e. The van der Waals surface area contributed by atoms with E-state index in [1.807, 2.05) is 0 Å². The quantitative estimate of drug-likeness (QED) is 0.0183. The molecule has 0 aliphatic carbocycles. The Hall–Kier alpha value is -9.86. The van der Waals surface area contributed by atoms with Crippen molar-refractivity contribution in [1.29, 1.82) is 0 Å². The molecule has 22 nitrogen and oxygen atoms in total. The Bertz CT molecular complexity index is 4160. The molecule has 0 atom stereocenters. The molecule has 0 aromatic heterocycles. The van der Waals surface area contributed by atoms with Crippen molar-refractivity contribution in [2.45, 2.75) is 0 Å². The summed E-state index contributed by atoms with van der Waals surface area (Å²) in [5.41, 5.74) is -16.3. The van der Waals surface area contributed by atoms with Gasteiger partial charge in [0.15, 0.2) is 57.5 Å². The van der Waals surface area contributed by atoms with Gasteiger partial charge in [-0.25, -0.2) is 0 Å². The third-order valence-electron chi connectivity index (χ3n) is 12.7. The smallest absolute Gasteiger partial charge is 0.205 e. The van der Waals surface area contributed by atoms with Gasteiger partial charge in [0.05, 0.1) is 21.7 Å². The van der Waals surface area contributed by atoms with Gasteiger partial charge in [-0.1, -0.05) is 16.4 Å². The molecule has 0 amide bonds. The summed E-state index contributed by atoms with van der Waals surface area (Å²) in [6.07, 6.45) is 0. The fraction of sp³-hybridized carbons (Fsp3) is 0. The molecule has 76 heavy (non-hydrogen) atoms. The first-order valence-electron chi connectivity index (χ1n) is 20.6. The molecule has 0 saturated carbocycles. The van der Waals surface area contributed by atoms with Crippen molar-refractivity contribution in [1.82, 2.24) is 0 Å².